The number of guanidine groups is 1. The molecule has 3 aromatic carbocycles. The number of aliphatic imine (C=N–C) groups is 1. The summed E-state index contributed by atoms with van der Waals surface area (Å²) >= 11 is 0. The molecule has 29 heavy (non-hydrogen) atoms. The lowest BCUT2D eigenvalue weighted by Crippen LogP contribution is -2.45. The van der Waals surface area contributed by atoms with Crippen molar-refractivity contribution < 1.29 is 4.79 Å². The molecule has 0 aliphatic carbocycles. The predicted octanol–water partition coefficient (Wildman–Crippen LogP) is 4.66. The van der Waals surface area contributed by atoms with Gasteiger partial charge < -0.3 is 10.6 Å². The van der Waals surface area contributed by atoms with Crippen LogP contribution in [0.15, 0.2) is 83.9 Å². The van der Waals surface area contributed by atoms with Gasteiger partial charge in [0, 0.05) is 13.1 Å². The van der Waals surface area contributed by atoms with E-state index in [0.717, 1.165) is 27.9 Å². The summed E-state index contributed by atoms with van der Waals surface area (Å²) < 4.78 is 0. The van der Waals surface area contributed by atoms with Crippen molar-refractivity contribution >= 4 is 17.7 Å². The zero-order valence-electron chi connectivity index (χ0n) is 16.8. The molecule has 0 saturated heterocycles. The van der Waals surface area contributed by atoms with Crippen LogP contribution in [0, 0.1) is 13.8 Å². The van der Waals surface area contributed by atoms with Gasteiger partial charge in [0.05, 0.1) is 5.69 Å². The monoisotopic (exact) mass is 386 g/mol. The SMILES string of the molecule is Cc1cccc(C)c1N=C(N)NC(=O)N(Cc1ccccc1)Cc1ccccc1. The fraction of sp³-hybridized carbons (Fsp3) is 0.167. The van der Waals surface area contributed by atoms with Gasteiger partial charge in [0.1, 0.15) is 0 Å². The number of benzene rings is 3. The lowest BCUT2D eigenvalue weighted by molar-refractivity contribution is 0.197. The van der Waals surface area contributed by atoms with Gasteiger partial charge in [0.2, 0.25) is 5.96 Å². The van der Waals surface area contributed by atoms with E-state index in [1.54, 1.807) is 4.90 Å². The number of urea groups is 1. The number of nitrogens with zero attached hydrogens (tertiary/aromatic N) is 2. The average Bonchev–Trinajstić information content (AvgIpc) is 2.72. The fourth-order valence-electron chi connectivity index (χ4n) is 3.13. The molecular formula is C24H26N4O. The number of nitrogens with two attached hydrogens (primary N) is 1. The third kappa shape index (κ3) is 5.69. The molecule has 3 N–H and O–H groups in total. The van der Waals surface area contributed by atoms with E-state index < -0.39 is 0 Å². The molecule has 0 bridgehead atoms. The number of hydrogen-bond donors (Lipinski definition) is 2. The summed E-state index contributed by atoms with van der Waals surface area (Å²) in [5, 5.41) is 2.74. The highest BCUT2D eigenvalue weighted by molar-refractivity contribution is 5.96. The first-order valence-electron chi connectivity index (χ1n) is 9.57. The first-order valence-corrected chi connectivity index (χ1v) is 9.57. The van der Waals surface area contributed by atoms with Gasteiger partial charge in [-0.05, 0) is 36.1 Å². The summed E-state index contributed by atoms with van der Waals surface area (Å²) in [6.45, 7) is 4.88. The van der Waals surface area contributed by atoms with Gasteiger partial charge in [-0.1, -0.05) is 78.9 Å². The molecular weight excluding hydrogens is 360 g/mol. The molecule has 0 unspecified atom stereocenters. The molecule has 3 rings (SSSR count). The predicted molar refractivity (Wildman–Crippen MR) is 118 cm³/mol. The highest BCUT2D eigenvalue weighted by Crippen LogP contribution is 2.22. The van der Waals surface area contributed by atoms with Gasteiger partial charge in [-0.25, -0.2) is 9.79 Å². The molecule has 0 saturated carbocycles. The molecule has 0 aliphatic rings. The van der Waals surface area contributed by atoms with Crippen LogP contribution in [0.3, 0.4) is 0 Å². The van der Waals surface area contributed by atoms with Crippen LogP contribution in [-0.2, 0) is 13.1 Å². The summed E-state index contributed by atoms with van der Waals surface area (Å²) in [4.78, 5) is 19.1. The zero-order chi connectivity index (χ0) is 20.6. The second kappa shape index (κ2) is 9.55. The average molecular weight is 386 g/mol. The van der Waals surface area contributed by atoms with Crippen molar-refractivity contribution in [3.8, 4) is 0 Å². The van der Waals surface area contributed by atoms with Crippen LogP contribution in [0.25, 0.3) is 0 Å². The molecule has 0 radical (unpaired) electrons. The van der Waals surface area contributed by atoms with E-state index in [1.165, 1.54) is 0 Å². The number of amides is 2. The van der Waals surface area contributed by atoms with Gasteiger partial charge >= 0.3 is 6.03 Å². The highest BCUT2D eigenvalue weighted by Gasteiger charge is 2.16. The molecule has 148 valence electrons. The lowest BCUT2D eigenvalue weighted by atomic mass is 10.1. The minimum Gasteiger partial charge on any atom is -0.369 e. The van der Waals surface area contributed by atoms with Crippen molar-refractivity contribution in [1.82, 2.24) is 10.2 Å². The van der Waals surface area contributed by atoms with E-state index in [2.05, 4.69) is 10.3 Å². The van der Waals surface area contributed by atoms with Crippen molar-refractivity contribution in [2.45, 2.75) is 26.9 Å². The number of hydrogen-bond acceptors (Lipinski definition) is 2. The van der Waals surface area contributed by atoms with Gasteiger partial charge in [-0.2, -0.15) is 0 Å². The number of aryl methyl sites for hydroxylation is 2. The number of nitrogens with one attached hydrogen (secondary N) is 1. The molecule has 5 nitrogen and oxygen atoms in total. The van der Waals surface area contributed by atoms with Crippen molar-refractivity contribution in [3.05, 3.63) is 101 Å². The second-order valence-corrected chi connectivity index (χ2v) is 6.99. The van der Waals surface area contributed by atoms with E-state index in [-0.39, 0.29) is 12.0 Å². The quantitative estimate of drug-likeness (QED) is 0.494. The zero-order valence-corrected chi connectivity index (χ0v) is 16.8. The minimum atomic E-state index is -0.287. The summed E-state index contributed by atoms with van der Waals surface area (Å²) in [6.07, 6.45) is 0. The number of rotatable bonds is 5. The Hall–Kier alpha value is -3.60. The Morgan fingerprint density at radius 3 is 1.79 bits per heavy atom. The van der Waals surface area contributed by atoms with Crippen molar-refractivity contribution in [3.63, 3.8) is 0 Å². The Labute approximate surface area is 171 Å². The van der Waals surface area contributed by atoms with Crippen LogP contribution < -0.4 is 11.1 Å². The van der Waals surface area contributed by atoms with Gasteiger partial charge in [0.15, 0.2) is 0 Å². The Bertz CT molecular complexity index is 923. The molecule has 0 aromatic heterocycles. The number of carbonyl (C=O) groups excluding carboxylic acids is 1. The van der Waals surface area contributed by atoms with E-state index in [0.29, 0.717) is 13.1 Å². The third-order valence-corrected chi connectivity index (χ3v) is 4.63. The molecule has 2 amide bonds. The summed E-state index contributed by atoms with van der Waals surface area (Å²) in [5.41, 5.74) is 10.9. The van der Waals surface area contributed by atoms with E-state index in [1.807, 2.05) is 92.7 Å². The third-order valence-electron chi connectivity index (χ3n) is 4.63. The van der Waals surface area contributed by atoms with Crippen LogP contribution in [0.2, 0.25) is 0 Å². The van der Waals surface area contributed by atoms with Gasteiger partial charge in [-0.3, -0.25) is 5.32 Å². The normalized spacial score (nSPS) is 11.2. The minimum absolute atomic E-state index is 0.0820. The van der Waals surface area contributed by atoms with Crippen LogP contribution in [0.1, 0.15) is 22.3 Å². The standard InChI is InChI=1S/C24H26N4O/c1-18-10-9-11-19(2)22(18)26-23(25)27-24(29)28(16-20-12-5-3-6-13-20)17-21-14-7-4-8-15-21/h3-15H,16-17H2,1-2H3,(H3,25,26,27,29). The second-order valence-electron chi connectivity index (χ2n) is 6.99. The topological polar surface area (TPSA) is 70.7 Å². The Morgan fingerprint density at radius 2 is 1.31 bits per heavy atom. The van der Waals surface area contributed by atoms with Gasteiger partial charge in [-0.15, -0.1) is 0 Å². The summed E-state index contributed by atoms with van der Waals surface area (Å²) in [6, 6.07) is 25.4. The van der Waals surface area contributed by atoms with Crippen LogP contribution >= 0.6 is 0 Å². The molecule has 5 heteroatoms. The largest absolute Gasteiger partial charge is 0.369 e. The Kier molecular flexibility index (Phi) is 6.63. The first-order chi connectivity index (χ1) is 14.0. The molecule has 0 heterocycles. The lowest BCUT2D eigenvalue weighted by Gasteiger charge is -2.23. The van der Waals surface area contributed by atoms with E-state index in [4.69, 9.17) is 5.73 Å². The van der Waals surface area contributed by atoms with Gasteiger partial charge in [0.25, 0.3) is 0 Å². The van der Waals surface area contributed by atoms with Crippen molar-refractivity contribution in [2.24, 2.45) is 10.7 Å². The van der Waals surface area contributed by atoms with Crippen LogP contribution in [-0.4, -0.2) is 16.9 Å². The number of para-hydroxylation sites is 1. The maximum atomic E-state index is 13.0. The Morgan fingerprint density at radius 1 is 0.828 bits per heavy atom. The molecule has 0 atom stereocenters. The van der Waals surface area contributed by atoms with Crippen LogP contribution in [0.5, 0.6) is 0 Å². The Balaban J connectivity index is 1.79. The molecule has 0 spiro atoms. The van der Waals surface area contributed by atoms with Crippen molar-refractivity contribution in [1.29, 1.82) is 0 Å². The van der Waals surface area contributed by atoms with Crippen molar-refractivity contribution in [2.75, 3.05) is 0 Å². The van der Waals surface area contributed by atoms with E-state index in [9.17, 15) is 4.79 Å². The molecule has 0 fully saturated rings. The number of carbonyl (C=O) groups is 1. The smallest absolute Gasteiger partial charge is 0.324 e. The van der Waals surface area contributed by atoms with E-state index >= 15 is 0 Å². The fourth-order valence-corrected chi connectivity index (χ4v) is 3.13. The highest BCUT2D eigenvalue weighted by atomic mass is 16.2. The first kappa shape index (κ1) is 20.1. The van der Waals surface area contributed by atoms with Crippen LogP contribution in [0.4, 0.5) is 10.5 Å². The maximum absolute atomic E-state index is 13.0. The molecule has 3 aromatic rings. The maximum Gasteiger partial charge on any atom is 0.324 e. The summed E-state index contributed by atoms with van der Waals surface area (Å²) in [7, 11) is 0. The molecule has 0 aliphatic heterocycles. The summed E-state index contributed by atoms with van der Waals surface area (Å²) in [5.74, 6) is 0.0820.